The first kappa shape index (κ1) is 19.8. The summed E-state index contributed by atoms with van der Waals surface area (Å²) in [6.45, 7) is -1.15. The highest BCUT2D eigenvalue weighted by atomic mass is 19.1. The van der Waals surface area contributed by atoms with Crippen molar-refractivity contribution in [2.24, 2.45) is 5.92 Å². The van der Waals surface area contributed by atoms with Crippen LogP contribution in [0.15, 0.2) is 30.6 Å². The highest BCUT2D eigenvalue weighted by Crippen LogP contribution is 2.29. The Hall–Kier alpha value is -2.97. The summed E-state index contributed by atoms with van der Waals surface area (Å²) in [4.78, 5) is 20.2. The van der Waals surface area contributed by atoms with E-state index in [9.17, 15) is 13.6 Å². The van der Waals surface area contributed by atoms with Crippen LogP contribution in [0.4, 0.5) is 14.6 Å². The Kier molecular flexibility index (Phi) is 6.57. The molecule has 1 aliphatic carbocycles. The topological polar surface area (TPSA) is 82.6 Å². The molecule has 0 radical (unpaired) electrons. The SMILES string of the molecule is COC(=O)c1cc(Oc2cnc(NCC3CC3)cn2)cc(OC(CF)CF)c1. The zero-order valence-electron chi connectivity index (χ0n) is 15.4. The van der Waals surface area contributed by atoms with E-state index in [1.54, 1.807) is 6.20 Å². The number of ether oxygens (including phenoxy) is 3. The average Bonchev–Trinajstić information content (AvgIpc) is 3.55. The second-order valence-corrected chi connectivity index (χ2v) is 6.40. The summed E-state index contributed by atoms with van der Waals surface area (Å²) in [5.74, 6) is 1.17. The maximum atomic E-state index is 12.8. The zero-order chi connectivity index (χ0) is 19.9. The van der Waals surface area contributed by atoms with Gasteiger partial charge in [0.05, 0.1) is 25.1 Å². The molecule has 1 aliphatic rings. The van der Waals surface area contributed by atoms with Crippen LogP contribution in [0.3, 0.4) is 0 Å². The predicted molar refractivity (Wildman–Crippen MR) is 97.5 cm³/mol. The molecule has 0 bridgehead atoms. The molecule has 1 N–H and O–H groups in total. The fourth-order valence-corrected chi connectivity index (χ4v) is 2.38. The highest BCUT2D eigenvalue weighted by Gasteiger charge is 2.20. The maximum Gasteiger partial charge on any atom is 0.338 e. The zero-order valence-corrected chi connectivity index (χ0v) is 15.4. The van der Waals surface area contributed by atoms with E-state index in [1.807, 2.05) is 0 Å². The third-order valence-corrected chi connectivity index (χ3v) is 4.07. The fourth-order valence-electron chi connectivity index (χ4n) is 2.38. The molecule has 1 heterocycles. The van der Waals surface area contributed by atoms with E-state index in [-0.39, 0.29) is 22.9 Å². The molecule has 0 saturated heterocycles. The van der Waals surface area contributed by atoms with Crippen LogP contribution < -0.4 is 14.8 Å². The first-order chi connectivity index (χ1) is 13.6. The van der Waals surface area contributed by atoms with Gasteiger partial charge in [-0.05, 0) is 30.9 Å². The molecule has 3 rings (SSSR count). The third-order valence-electron chi connectivity index (χ3n) is 4.07. The number of carbonyl (C=O) groups is 1. The van der Waals surface area contributed by atoms with Gasteiger partial charge in [-0.25, -0.2) is 23.5 Å². The van der Waals surface area contributed by atoms with Gasteiger partial charge in [-0.2, -0.15) is 0 Å². The van der Waals surface area contributed by atoms with Gasteiger partial charge in [-0.15, -0.1) is 0 Å². The number of nitrogens with one attached hydrogen (secondary N) is 1. The van der Waals surface area contributed by atoms with Crippen LogP contribution in [0.1, 0.15) is 23.2 Å². The molecular formula is C19H21F2N3O4. The van der Waals surface area contributed by atoms with Crippen LogP contribution in [-0.2, 0) is 4.74 Å². The van der Waals surface area contributed by atoms with E-state index in [0.29, 0.717) is 11.7 Å². The van der Waals surface area contributed by atoms with Crippen molar-refractivity contribution in [2.75, 3.05) is 32.3 Å². The highest BCUT2D eigenvalue weighted by molar-refractivity contribution is 5.90. The number of alkyl halides is 2. The van der Waals surface area contributed by atoms with Crippen molar-refractivity contribution in [1.82, 2.24) is 9.97 Å². The van der Waals surface area contributed by atoms with Gasteiger partial charge >= 0.3 is 5.97 Å². The lowest BCUT2D eigenvalue weighted by molar-refractivity contribution is 0.0599. The Bertz CT molecular complexity index is 796. The predicted octanol–water partition coefficient (Wildman–Crippen LogP) is 3.56. The molecule has 1 saturated carbocycles. The lowest BCUT2D eigenvalue weighted by atomic mass is 10.2. The minimum atomic E-state index is -1.27. The van der Waals surface area contributed by atoms with Gasteiger partial charge in [0.1, 0.15) is 30.7 Å². The Morgan fingerprint density at radius 3 is 2.54 bits per heavy atom. The monoisotopic (exact) mass is 393 g/mol. The second kappa shape index (κ2) is 9.29. The van der Waals surface area contributed by atoms with Crippen LogP contribution in [0, 0.1) is 5.92 Å². The van der Waals surface area contributed by atoms with Crippen LogP contribution >= 0.6 is 0 Å². The summed E-state index contributed by atoms with van der Waals surface area (Å²) in [7, 11) is 1.22. The number of hydrogen-bond donors (Lipinski definition) is 1. The Labute approximate surface area is 161 Å². The number of methoxy groups -OCH3 is 1. The summed E-state index contributed by atoms with van der Waals surface area (Å²) in [6.07, 6.45) is 4.17. The third kappa shape index (κ3) is 5.51. The maximum absolute atomic E-state index is 12.8. The van der Waals surface area contributed by atoms with Crippen molar-refractivity contribution >= 4 is 11.8 Å². The van der Waals surface area contributed by atoms with Crippen LogP contribution in [0.2, 0.25) is 0 Å². The van der Waals surface area contributed by atoms with E-state index in [0.717, 1.165) is 6.54 Å². The lowest BCUT2D eigenvalue weighted by Gasteiger charge is -2.15. The Morgan fingerprint density at radius 1 is 1.18 bits per heavy atom. The molecule has 0 spiro atoms. The molecule has 150 valence electrons. The van der Waals surface area contributed by atoms with E-state index < -0.39 is 25.4 Å². The van der Waals surface area contributed by atoms with Crippen molar-refractivity contribution in [2.45, 2.75) is 18.9 Å². The molecule has 1 aromatic carbocycles. The van der Waals surface area contributed by atoms with Gasteiger partial charge < -0.3 is 19.5 Å². The number of rotatable bonds is 10. The number of halogens is 2. The smallest absolute Gasteiger partial charge is 0.338 e. The molecule has 2 aromatic rings. The number of benzene rings is 1. The molecule has 9 heteroatoms. The first-order valence-corrected chi connectivity index (χ1v) is 8.87. The number of esters is 1. The normalized spacial score (nSPS) is 13.3. The standard InChI is InChI=1S/C19H21F2N3O4/c1-26-19(25)13-4-14(27-16(7-20)8-21)6-15(5-13)28-18-11-23-17(10-24-18)22-9-12-2-3-12/h4-6,10-12,16H,2-3,7-9H2,1H3,(H,22,23). The summed E-state index contributed by atoms with van der Waals surface area (Å²) in [6, 6.07) is 4.15. The molecule has 1 fully saturated rings. The van der Waals surface area contributed by atoms with Crippen LogP contribution in [0.5, 0.6) is 17.4 Å². The van der Waals surface area contributed by atoms with Crippen LogP contribution in [-0.4, -0.2) is 49.0 Å². The van der Waals surface area contributed by atoms with Crippen molar-refractivity contribution in [3.05, 3.63) is 36.2 Å². The van der Waals surface area contributed by atoms with Gasteiger partial charge in [-0.3, -0.25) is 0 Å². The van der Waals surface area contributed by atoms with E-state index in [4.69, 9.17) is 9.47 Å². The number of hydrogen-bond acceptors (Lipinski definition) is 7. The lowest BCUT2D eigenvalue weighted by Crippen LogP contribution is -2.21. The molecule has 0 aliphatic heterocycles. The fraction of sp³-hybridized carbons (Fsp3) is 0.421. The molecule has 7 nitrogen and oxygen atoms in total. The number of carbonyl (C=O) groups excluding carboxylic acids is 1. The van der Waals surface area contributed by atoms with Gasteiger partial charge in [0.25, 0.3) is 0 Å². The number of aromatic nitrogens is 2. The van der Waals surface area contributed by atoms with Crippen molar-refractivity contribution < 1.29 is 27.8 Å². The van der Waals surface area contributed by atoms with E-state index in [2.05, 4.69) is 20.0 Å². The first-order valence-electron chi connectivity index (χ1n) is 8.87. The second-order valence-electron chi connectivity index (χ2n) is 6.40. The van der Waals surface area contributed by atoms with Crippen molar-refractivity contribution in [3.8, 4) is 17.4 Å². The van der Waals surface area contributed by atoms with Gasteiger partial charge in [0.2, 0.25) is 5.88 Å². The van der Waals surface area contributed by atoms with Gasteiger partial charge in [-0.1, -0.05) is 0 Å². The van der Waals surface area contributed by atoms with Crippen molar-refractivity contribution in [3.63, 3.8) is 0 Å². The van der Waals surface area contributed by atoms with Crippen LogP contribution in [0.25, 0.3) is 0 Å². The molecule has 28 heavy (non-hydrogen) atoms. The molecular weight excluding hydrogens is 372 g/mol. The summed E-state index contributed by atoms with van der Waals surface area (Å²) >= 11 is 0. The number of anilines is 1. The Morgan fingerprint density at radius 2 is 1.93 bits per heavy atom. The molecule has 0 atom stereocenters. The van der Waals surface area contributed by atoms with Gasteiger partial charge in [0.15, 0.2) is 6.10 Å². The number of nitrogens with zero attached hydrogens (tertiary/aromatic N) is 2. The summed E-state index contributed by atoms with van der Waals surface area (Å²) in [5.41, 5.74) is 0.113. The minimum absolute atomic E-state index is 0.0777. The largest absolute Gasteiger partial charge is 0.485 e. The molecule has 0 amide bonds. The Balaban J connectivity index is 1.74. The quantitative estimate of drug-likeness (QED) is 0.618. The van der Waals surface area contributed by atoms with Crippen molar-refractivity contribution in [1.29, 1.82) is 0 Å². The molecule has 1 aromatic heterocycles. The molecule has 0 unspecified atom stereocenters. The van der Waals surface area contributed by atoms with E-state index in [1.165, 1.54) is 44.3 Å². The van der Waals surface area contributed by atoms with E-state index >= 15 is 0 Å². The summed E-state index contributed by atoms with van der Waals surface area (Å²) in [5, 5.41) is 3.19. The average molecular weight is 393 g/mol. The minimum Gasteiger partial charge on any atom is -0.485 e. The summed E-state index contributed by atoms with van der Waals surface area (Å²) < 4.78 is 41.0. The van der Waals surface area contributed by atoms with Gasteiger partial charge in [0, 0.05) is 12.6 Å².